The molecule has 0 saturated carbocycles. The van der Waals surface area contributed by atoms with Crippen LogP contribution in [0.4, 0.5) is 34.1 Å². The van der Waals surface area contributed by atoms with Gasteiger partial charge in [0.2, 0.25) is 0 Å². The Kier molecular flexibility index (Phi) is 18.6. The van der Waals surface area contributed by atoms with Gasteiger partial charge in [-0.3, -0.25) is 0 Å². The summed E-state index contributed by atoms with van der Waals surface area (Å²) in [5.41, 5.74) is 33.8. The molecule has 4 nitrogen and oxygen atoms in total. The summed E-state index contributed by atoms with van der Waals surface area (Å²) >= 11 is 0. The van der Waals surface area contributed by atoms with Crippen molar-refractivity contribution in [3.63, 3.8) is 0 Å². The maximum atomic E-state index is 2.54. The van der Waals surface area contributed by atoms with Gasteiger partial charge in [0.05, 0.1) is 39.1 Å². The normalized spacial score (nSPS) is 11.6. The number of nitrogens with zero attached hydrogens (tertiary/aromatic N) is 4. The van der Waals surface area contributed by atoms with Crippen molar-refractivity contribution < 1.29 is 0 Å². The van der Waals surface area contributed by atoms with E-state index in [1.165, 1.54) is 104 Å². The Balaban J connectivity index is 0.613. The summed E-state index contributed by atoms with van der Waals surface area (Å²) in [6.07, 6.45) is 0. The van der Waals surface area contributed by atoms with Crippen molar-refractivity contribution in [1.82, 2.24) is 9.13 Å². The minimum atomic E-state index is 1.04. The van der Waals surface area contributed by atoms with Crippen LogP contribution in [0.3, 0.4) is 0 Å². The molecule has 0 radical (unpaired) electrons. The second-order valence-electron chi connectivity index (χ2n) is 33.4. The van der Waals surface area contributed by atoms with E-state index in [4.69, 9.17) is 0 Å². The van der Waals surface area contributed by atoms with Gasteiger partial charge in [-0.15, -0.1) is 0 Å². The molecular formula is C124H82N4. The molecule has 0 fully saturated rings. The molecule has 2 aromatic heterocycles. The second-order valence-corrected chi connectivity index (χ2v) is 33.4. The first kappa shape index (κ1) is 74.9. The Labute approximate surface area is 743 Å². The zero-order chi connectivity index (χ0) is 84.5. The van der Waals surface area contributed by atoms with Crippen LogP contribution in [0.15, 0.2) is 497 Å². The number of aromatic nitrogens is 2. The maximum absolute atomic E-state index is 2.54. The van der Waals surface area contributed by atoms with Crippen molar-refractivity contribution in [3.05, 3.63) is 497 Å². The fourth-order valence-electron chi connectivity index (χ4n) is 20.1. The molecule has 0 bridgehead atoms. The number of hydrogen-bond acceptors (Lipinski definition) is 2. The number of rotatable bonds is 17. The van der Waals surface area contributed by atoms with Crippen LogP contribution >= 0.6 is 0 Å². The van der Waals surface area contributed by atoms with Crippen molar-refractivity contribution in [3.8, 4) is 112 Å². The van der Waals surface area contributed by atoms with E-state index >= 15 is 0 Å². The van der Waals surface area contributed by atoms with E-state index in [1.54, 1.807) is 0 Å². The monoisotopic (exact) mass is 1630 g/mol. The number of anilines is 6. The van der Waals surface area contributed by atoms with E-state index in [0.29, 0.717) is 0 Å². The third-order valence-electron chi connectivity index (χ3n) is 26.1. The zero-order valence-electron chi connectivity index (χ0n) is 70.1. The van der Waals surface area contributed by atoms with E-state index in [0.717, 1.165) is 129 Å². The predicted octanol–water partition coefficient (Wildman–Crippen LogP) is 34.4. The molecule has 4 heteroatoms. The average Bonchev–Trinajstić information content (AvgIpc) is 1.55. The Hall–Kier alpha value is -16.9. The quantitative estimate of drug-likeness (QED) is 0.0903. The van der Waals surface area contributed by atoms with E-state index in [1.807, 2.05) is 0 Å². The highest BCUT2D eigenvalue weighted by molar-refractivity contribution is 6.23. The molecule has 2 heterocycles. The van der Waals surface area contributed by atoms with Crippen molar-refractivity contribution in [2.24, 2.45) is 0 Å². The Morgan fingerprint density at radius 1 is 0.148 bits per heavy atom. The SMILES string of the molecule is c1ccc(-c2ccc(N(c3cccc(-c4ccc5ccccc5c4)c3)c3ccc(-c4ccccc4-n4c5ccccc5c5ccc6cc(-c7cccc8c(-c9cccc(N(c%10ccc(-c%11ccccc%11)cc%10)c%10ccc(-c%11ccccc%11-n%11c%12ccccc%12c%12c%13ccccc%13ccc%12%11)cc%10-c%10ccccc%10)c9)cccc78)ccc6c54)c(-c4ccccc4)c3)cc2)cc1. The lowest BCUT2D eigenvalue weighted by atomic mass is 9.91. The van der Waals surface area contributed by atoms with Gasteiger partial charge in [0.1, 0.15) is 0 Å². The molecule has 0 unspecified atom stereocenters. The molecule has 0 aliphatic rings. The third-order valence-corrected chi connectivity index (χ3v) is 26.1. The van der Waals surface area contributed by atoms with Crippen LogP contribution in [0.5, 0.6) is 0 Å². The highest BCUT2D eigenvalue weighted by atomic mass is 15.2. The molecule has 0 N–H and O–H groups in total. The molecule has 0 saturated heterocycles. The van der Waals surface area contributed by atoms with Crippen molar-refractivity contribution >= 4 is 121 Å². The molecule has 598 valence electrons. The molecule has 22 aromatic carbocycles. The van der Waals surface area contributed by atoms with Crippen LogP contribution in [0, 0.1) is 0 Å². The number of hydrogen-bond donors (Lipinski definition) is 0. The van der Waals surface area contributed by atoms with Crippen molar-refractivity contribution in [2.75, 3.05) is 9.80 Å². The molecule has 0 spiro atoms. The Morgan fingerprint density at radius 3 is 1.25 bits per heavy atom. The Bertz CT molecular complexity index is 8420. The summed E-state index contributed by atoms with van der Waals surface area (Å²) < 4.78 is 5.01. The van der Waals surface area contributed by atoms with Crippen LogP contribution in [0.25, 0.3) is 198 Å². The van der Waals surface area contributed by atoms with E-state index < -0.39 is 0 Å². The average molecular weight is 1630 g/mol. The van der Waals surface area contributed by atoms with E-state index in [9.17, 15) is 0 Å². The third kappa shape index (κ3) is 13.2. The van der Waals surface area contributed by atoms with Gasteiger partial charge >= 0.3 is 0 Å². The summed E-state index contributed by atoms with van der Waals surface area (Å²) in [6.45, 7) is 0. The predicted molar refractivity (Wildman–Crippen MR) is 543 cm³/mol. The van der Waals surface area contributed by atoms with Crippen LogP contribution < -0.4 is 9.80 Å². The number of benzene rings is 22. The van der Waals surface area contributed by atoms with Crippen LogP contribution in [-0.2, 0) is 0 Å². The molecule has 0 aliphatic heterocycles. The zero-order valence-corrected chi connectivity index (χ0v) is 70.1. The summed E-state index contributed by atoms with van der Waals surface area (Å²) in [4.78, 5) is 4.88. The fraction of sp³-hybridized carbons (Fsp3) is 0. The summed E-state index contributed by atoms with van der Waals surface area (Å²) in [5.74, 6) is 0. The highest BCUT2D eigenvalue weighted by Gasteiger charge is 2.27. The van der Waals surface area contributed by atoms with Gasteiger partial charge in [0.15, 0.2) is 0 Å². The first-order valence-corrected chi connectivity index (χ1v) is 44.1. The summed E-state index contributed by atoms with van der Waals surface area (Å²) in [7, 11) is 0. The van der Waals surface area contributed by atoms with Gasteiger partial charge in [0, 0.05) is 72.1 Å². The summed E-state index contributed by atoms with van der Waals surface area (Å²) in [5, 5.41) is 14.5. The van der Waals surface area contributed by atoms with Crippen molar-refractivity contribution in [2.45, 2.75) is 0 Å². The van der Waals surface area contributed by atoms with E-state index in [-0.39, 0.29) is 0 Å². The number of fused-ring (bicyclic) bond motifs is 12. The lowest BCUT2D eigenvalue weighted by Crippen LogP contribution is -2.11. The highest BCUT2D eigenvalue weighted by Crippen LogP contribution is 2.51. The lowest BCUT2D eigenvalue weighted by Gasteiger charge is -2.29. The second kappa shape index (κ2) is 31.8. The van der Waals surface area contributed by atoms with Crippen LogP contribution in [-0.4, -0.2) is 9.13 Å². The molecule has 24 aromatic rings. The molecule has 0 amide bonds. The van der Waals surface area contributed by atoms with Gasteiger partial charge in [-0.1, -0.05) is 382 Å². The van der Waals surface area contributed by atoms with Gasteiger partial charge in [0.25, 0.3) is 0 Å². The smallest absolute Gasteiger partial charge is 0.0619 e. The van der Waals surface area contributed by atoms with Crippen LogP contribution in [0.2, 0.25) is 0 Å². The Morgan fingerprint density at radius 2 is 0.562 bits per heavy atom. The van der Waals surface area contributed by atoms with Crippen molar-refractivity contribution in [1.29, 1.82) is 0 Å². The van der Waals surface area contributed by atoms with Gasteiger partial charge in [-0.25, -0.2) is 0 Å². The maximum Gasteiger partial charge on any atom is 0.0619 e. The van der Waals surface area contributed by atoms with Crippen LogP contribution in [0.1, 0.15) is 0 Å². The van der Waals surface area contributed by atoms with Gasteiger partial charge in [-0.2, -0.15) is 0 Å². The molecule has 0 aliphatic carbocycles. The first-order chi connectivity index (χ1) is 63.5. The summed E-state index contributed by atoms with van der Waals surface area (Å²) in [6, 6.07) is 184. The largest absolute Gasteiger partial charge is 0.310 e. The number of para-hydroxylation sites is 4. The first-order valence-electron chi connectivity index (χ1n) is 44.1. The topological polar surface area (TPSA) is 16.3 Å². The van der Waals surface area contributed by atoms with Gasteiger partial charge < -0.3 is 18.9 Å². The standard InChI is InChI=1S/C124H82N4/c1-5-29-83(30-6-1)86-59-67-98(68-60-86)125(100-42-25-40-92(79-100)93-58-57-85-33-13-14-39-91(85)77-93)102-71-74-110(115(82-102)88-34-9-3-10-35-88)111-46-18-22-54-118(111)128-119-55-23-19-47-112(119)113-73-64-96-78-95(63-72-107(96)124(113)128)104-50-28-51-108-103(49-27-52-109(104)108)94-41-26-43-101(80-94)126(99-69-61-87(62-70-99)84-31-7-2-8-32-84)121-75-66-97(81-116(121)89-36-11-4-12-37-89)105-44-17-21-53-117(105)127-120-56-24-20-48-114(120)123-106-45-16-15-38-90(106)65-76-122(123)127/h1-82H. The molecule has 24 rings (SSSR count). The molecular weight excluding hydrogens is 1550 g/mol. The minimum Gasteiger partial charge on any atom is -0.310 e. The lowest BCUT2D eigenvalue weighted by molar-refractivity contribution is 1.18. The van der Waals surface area contributed by atoms with E-state index in [2.05, 4.69) is 516 Å². The van der Waals surface area contributed by atoms with Gasteiger partial charge in [-0.05, 0) is 236 Å². The fourth-order valence-corrected chi connectivity index (χ4v) is 20.1. The minimum absolute atomic E-state index is 1.04. The molecule has 0 atom stereocenters. The molecule has 128 heavy (non-hydrogen) atoms.